The van der Waals surface area contributed by atoms with E-state index in [1.165, 1.54) is 6.07 Å². The fraction of sp³-hybridized carbons (Fsp3) is 0.167. The van der Waals surface area contributed by atoms with Crippen LogP contribution in [0.1, 0.15) is 33.6 Å². The summed E-state index contributed by atoms with van der Waals surface area (Å²) in [7, 11) is 0. The predicted molar refractivity (Wildman–Crippen MR) is 115 cm³/mol. The number of fused-ring (bicyclic) bond motifs is 1. The summed E-state index contributed by atoms with van der Waals surface area (Å²) >= 11 is 0. The third kappa shape index (κ3) is 5.01. The van der Waals surface area contributed by atoms with Gasteiger partial charge in [0.05, 0.1) is 29.4 Å². The van der Waals surface area contributed by atoms with Gasteiger partial charge in [-0.05, 0) is 29.8 Å². The zero-order chi connectivity index (χ0) is 23.4. The number of hydrogen-bond donors (Lipinski definition) is 1. The van der Waals surface area contributed by atoms with E-state index in [0.29, 0.717) is 28.2 Å². The molecule has 4 rings (SSSR count). The lowest BCUT2D eigenvalue weighted by atomic mass is 10.1. The zero-order valence-electron chi connectivity index (χ0n) is 17.3. The molecule has 0 bridgehead atoms. The molecule has 0 unspecified atom stereocenters. The van der Waals surface area contributed by atoms with Gasteiger partial charge in [0.25, 0.3) is 5.91 Å². The summed E-state index contributed by atoms with van der Waals surface area (Å²) < 4.78 is 40.7. The van der Waals surface area contributed by atoms with Crippen LogP contribution in [0.2, 0.25) is 0 Å². The fourth-order valence-electron chi connectivity index (χ4n) is 3.47. The Labute approximate surface area is 187 Å². The molecule has 0 aliphatic carbocycles. The van der Waals surface area contributed by atoms with Gasteiger partial charge in [-0.15, -0.1) is 0 Å². The number of carbonyl (C=O) groups is 1. The smallest absolute Gasteiger partial charge is 0.351 e. The van der Waals surface area contributed by atoms with Crippen molar-refractivity contribution >= 4 is 11.6 Å². The molecule has 1 N–H and O–H groups in total. The molecule has 0 saturated heterocycles. The molecule has 0 aliphatic rings. The number of halogens is 3. The third-order valence-electron chi connectivity index (χ3n) is 4.99. The van der Waals surface area contributed by atoms with Crippen LogP contribution < -0.4 is 5.32 Å². The van der Waals surface area contributed by atoms with Gasteiger partial charge in [0.15, 0.2) is 5.65 Å². The van der Waals surface area contributed by atoms with Crippen molar-refractivity contribution in [3.63, 3.8) is 0 Å². The van der Waals surface area contributed by atoms with Crippen molar-refractivity contribution in [3.8, 4) is 17.3 Å². The molecule has 2 heterocycles. The minimum atomic E-state index is -4.41. The molecule has 1 amide bonds. The fourth-order valence-corrected chi connectivity index (χ4v) is 3.47. The van der Waals surface area contributed by atoms with Crippen molar-refractivity contribution in [3.05, 3.63) is 89.2 Å². The van der Waals surface area contributed by atoms with Crippen LogP contribution in [0.15, 0.2) is 66.9 Å². The Bertz CT molecular complexity index is 1350. The summed E-state index contributed by atoms with van der Waals surface area (Å²) in [6, 6.07) is 17.6. The van der Waals surface area contributed by atoms with Crippen LogP contribution in [0.4, 0.5) is 13.2 Å². The van der Waals surface area contributed by atoms with Gasteiger partial charge >= 0.3 is 6.18 Å². The lowest BCUT2D eigenvalue weighted by Gasteiger charge is -2.08. The molecule has 0 saturated carbocycles. The van der Waals surface area contributed by atoms with Gasteiger partial charge in [0, 0.05) is 36.4 Å². The highest BCUT2D eigenvalue weighted by molar-refractivity contribution is 5.95. The first-order valence-corrected chi connectivity index (χ1v) is 10.1. The highest BCUT2D eigenvalue weighted by atomic mass is 19.4. The van der Waals surface area contributed by atoms with Crippen LogP contribution in [-0.2, 0) is 12.6 Å². The summed E-state index contributed by atoms with van der Waals surface area (Å²) in [6.07, 6.45) is -2.36. The Morgan fingerprint density at radius 2 is 1.91 bits per heavy atom. The van der Waals surface area contributed by atoms with Gasteiger partial charge in [-0.1, -0.05) is 30.3 Å². The van der Waals surface area contributed by atoms with E-state index in [0.717, 1.165) is 17.7 Å². The van der Waals surface area contributed by atoms with Crippen molar-refractivity contribution in [1.82, 2.24) is 19.9 Å². The minimum absolute atomic E-state index is 0.216. The normalized spacial score (nSPS) is 11.3. The molecule has 0 atom stereocenters. The number of aromatic nitrogens is 3. The number of benzene rings is 2. The largest absolute Gasteiger partial charge is 0.416 e. The molecule has 0 spiro atoms. The molecular weight excluding hydrogens is 431 g/mol. The predicted octanol–water partition coefficient (Wildman–Crippen LogP) is 4.65. The molecule has 0 radical (unpaired) electrons. The Balaban J connectivity index is 1.63. The summed E-state index contributed by atoms with van der Waals surface area (Å²) in [5, 5.41) is 15.9. The molecule has 0 fully saturated rings. The van der Waals surface area contributed by atoms with Gasteiger partial charge in [-0.3, -0.25) is 4.79 Å². The van der Waals surface area contributed by atoms with Gasteiger partial charge in [-0.2, -0.15) is 23.5 Å². The first-order chi connectivity index (χ1) is 15.8. The standard InChI is InChI=1S/C24H18F3N5O/c25-24(26,27)19-7-1-4-16(12-19)13-20-15-22-29-11-8-21(32(22)31-20)17-5-2-6-18(14-17)23(33)30-10-3-9-28/h1-2,4-8,11-12,14-15H,3,10,13H2,(H,30,33). The Morgan fingerprint density at radius 3 is 2.70 bits per heavy atom. The lowest BCUT2D eigenvalue weighted by Crippen LogP contribution is -2.24. The van der Waals surface area contributed by atoms with Gasteiger partial charge in [0.2, 0.25) is 0 Å². The van der Waals surface area contributed by atoms with Crippen LogP contribution in [0, 0.1) is 11.3 Å². The van der Waals surface area contributed by atoms with Crippen molar-refractivity contribution in [2.45, 2.75) is 19.0 Å². The maximum Gasteiger partial charge on any atom is 0.416 e. The Morgan fingerprint density at radius 1 is 1.09 bits per heavy atom. The van der Waals surface area contributed by atoms with Gasteiger partial charge in [-0.25, -0.2) is 9.50 Å². The summed E-state index contributed by atoms with van der Waals surface area (Å²) in [4.78, 5) is 16.6. The van der Waals surface area contributed by atoms with Crippen molar-refractivity contribution in [1.29, 1.82) is 5.26 Å². The van der Waals surface area contributed by atoms with Gasteiger partial charge in [0.1, 0.15) is 0 Å². The molecule has 6 nitrogen and oxygen atoms in total. The second-order valence-electron chi connectivity index (χ2n) is 7.36. The van der Waals surface area contributed by atoms with E-state index >= 15 is 0 Å². The molecule has 2 aromatic heterocycles. The number of nitrogens with zero attached hydrogens (tertiary/aromatic N) is 4. The van der Waals surface area contributed by atoms with Crippen molar-refractivity contribution in [2.75, 3.05) is 6.54 Å². The number of amides is 1. The molecule has 9 heteroatoms. The number of alkyl halides is 3. The number of carbonyl (C=O) groups excluding carboxylic acids is 1. The third-order valence-corrected chi connectivity index (χ3v) is 4.99. The number of rotatable bonds is 6. The van der Waals surface area contributed by atoms with Crippen molar-refractivity contribution < 1.29 is 18.0 Å². The topological polar surface area (TPSA) is 83.1 Å². The molecule has 0 aliphatic heterocycles. The summed E-state index contributed by atoms with van der Waals surface area (Å²) in [5.41, 5.74) is 2.74. The van der Waals surface area contributed by atoms with Crippen molar-refractivity contribution in [2.24, 2.45) is 0 Å². The lowest BCUT2D eigenvalue weighted by molar-refractivity contribution is -0.137. The second-order valence-corrected chi connectivity index (χ2v) is 7.36. The second kappa shape index (κ2) is 9.12. The molecular formula is C24H18F3N5O. The first-order valence-electron chi connectivity index (χ1n) is 10.1. The van der Waals surface area contributed by atoms with Crippen LogP contribution in [0.5, 0.6) is 0 Å². The zero-order valence-corrected chi connectivity index (χ0v) is 17.3. The van der Waals surface area contributed by atoms with Crippen LogP contribution >= 0.6 is 0 Å². The monoisotopic (exact) mass is 449 g/mol. The van der Waals surface area contributed by atoms with E-state index in [4.69, 9.17) is 5.26 Å². The summed E-state index contributed by atoms with van der Waals surface area (Å²) in [5.74, 6) is -0.289. The molecule has 4 aromatic rings. The Kier molecular flexibility index (Phi) is 6.09. The average molecular weight is 449 g/mol. The van der Waals surface area contributed by atoms with Crippen LogP contribution in [-0.4, -0.2) is 27.0 Å². The highest BCUT2D eigenvalue weighted by Gasteiger charge is 2.30. The van der Waals surface area contributed by atoms with E-state index in [1.54, 1.807) is 47.1 Å². The number of nitriles is 1. The first kappa shape index (κ1) is 22.0. The SMILES string of the molecule is N#CCCNC(=O)c1cccc(-c2ccnc3cc(Cc4cccc(C(F)(F)F)c4)nn23)c1. The highest BCUT2D eigenvalue weighted by Crippen LogP contribution is 2.30. The summed E-state index contributed by atoms with van der Waals surface area (Å²) in [6.45, 7) is 0.261. The van der Waals surface area contributed by atoms with Gasteiger partial charge < -0.3 is 5.32 Å². The van der Waals surface area contributed by atoms with Crippen LogP contribution in [0.3, 0.4) is 0 Å². The maximum absolute atomic E-state index is 13.0. The van der Waals surface area contributed by atoms with E-state index in [-0.39, 0.29) is 25.3 Å². The minimum Gasteiger partial charge on any atom is -0.351 e. The van der Waals surface area contributed by atoms with Crippen LogP contribution in [0.25, 0.3) is 16.9 Å². The quantitative estimate of drug-likeness (QED) is 0.435. The maximum atomic E-state index is 13.0. The van der Waals surface area contributed by atoms with E-state index in [1.807, 2.05) is 12.1 Å². The molecule has 166 valence electrons. The number of nitrogens with one attached hydrogen (secondary N) is 1. The molecule has 2 aromatic carbocycles. The average Bonchev–Trinajstić information content (AvgIpc) is 3.21. The van der Waals surface area contributed by atoms with E-state index in [2.05, 4.69) is 15.4 Å². The number of hydrogen-bond acceptors (Lipinski definition) is 4. The molecule has 33 heavy (non-hydrogen) atoms. The van der Waals surface area contributed by atoms with E-state index in [9.17, 15) is 18.0 Å². The Hall–Kier alpha value is -4.19. The van der Waals surface area contributed by atoms with E-state index < -0.39 is 11.7 Å².